The van der Waals surface area contributed by atoms with E-state index in [1.54, 1.807) is 0 Å². The summed E-state index contributed by atoms with van der Waals surface area (Å²) in [6, 6.07) is 0. The third-order valence-electron chi connectivity index (χ3n) is 1.57. The Kier molecular flexibility index (Phi) is 3.55. The van der Waals surface area contributed by atoms with Crippen LogP contribution in [0.5, 0.6) is 0 Å². The van der Waals surface area contributed by atoms with Gasteiger partial charge in [0.25, 0.3) is 0 Å². The first-order chi connectivity index (χ1) is 8.17. The highest BCUT2D eigenvalue weighted by Gasteiger charge is 2.32. The molecule has 0 aromatic rings. The standard InChI is InChI=1S/C7H15Cl2N2O2P/c8-2-5-11(6-3-9)14(12)10-4-1-7-13-14/h1-7H2,(H,10,12)/i4D2,5D2. The number of nitrogens with one attached hydrogen (secondary N) is 1. The van der Waals surface area contributed by atoms with Crippen LogP contribution in [-0.2, 0) is 9.09 Å². The molecule has 7 heteroatoms. The average molecular weight is 265 g/mol. The Labute approximate surface area is 100 Å². The highest BCUT2D eigenvalue weighted by Crippen LogP contribution is 2.47. The predicted molar refractivity (Wildman–Crippen MR) is 59.2 cm³/mol. The first kappa shape index (κ1) is 7.88. The van der Waals surface area contributed by atoms with Gasteiger partial charge in [-0.3, -0.25) is 4.57 Å². The van der Waals surface area contributed by atoms with Gasteiger partial charge in [-0.15, -0.1) is 23.2 Å². The lowest BCUT2D eigenvalue weighted by molar-refractivity contribution is 0.233. The van der Waals surface area contributed by atoms with E-state index in [2.05, 4.69) is 5.09 Å². The second kappa shape index (κ2) is 6.31. The Hall–Kier alpha value is 0.690. The van der Waals surface area contributed by atoms with Crippen molar-refractivity contribution in [2.75, 3.05) is 37.9 Å². The largest absolute Gasteiger partial charge is 0.343 e. The molecule has 0 bridgehead atoms. The van der Waals surface area contributed by atoms with Crippen LogP contribution in [0.1, 0.15) is 11.9 Å². The number of hydrogen-bond donors (Lipinski definition) is 1. The first-order valence-electron chi connectivity index (χ1n) is 6.11. The topological polar surface area (TPSA) is 41.6 Å². The van der Waals surface area contributed by atoms with E-state index < -0.39 is 26.5 Å². The third kappa shape index (κ3) is 3.37. The smallest absolute Gasteiger partial charge is 0.306 e. The van der Waals surface area contributed by atoms with Crippen LogP contribution in [0.3, 0.4) is 0 Å². The Morgan fingerprint density at radius 1 is 1.64 bits per heavy atom. The maximum absolute atomic E-state index is 12.5. The van der Waals surface area contributed by atoms with E-state index >= 15 is 0 Å². The van der Waals surface area contributed by atoms with Crippen LogP contribution in [0.25, 0.3) is 0 Å². The Bertz CT molecular complexity index is 347. The molecule has 0 saturated carbocycles. The van der Waals surface area contributed by atoms with Crippen molar-refractivity contribution in [3.05, 3.63) is 0 Å². The van der Waals surface area contributed by atoms with Crippen LogP contribution in [0.15, 0.2) is 0 Å². The number of halogens is 2. The molecule has 1 atom stereocenters. The van der Waals surface area contributed by atoms with Crippen molar-refractivity contribution in [1.82, 2.24) is 9.76 Å². The molecule has 0 radical (unpaired) electrons. The molecular weight excluding hydrogens is 246 g/mol. The summed E-state index contributed by atoms with van der Waals surface area (Å²) in [6.45, 7) is -4.11. The Morgan fingerprint density at radius 2 is 2.43 bits per heavy atom. The molecule has 1 rings (SSSR count). The van der Waals surface area contributed by atoms with Crippen LogP contribution >= 0.6 is 30.9 Å². The molecule has 0 amide bonds. The lowest BCUT2D eigenvalue weighted by atomic mass is 10.5. The monoisotopic (exact) mass is 264 g/mol. The molecule has 1 aliphatic rings. The predicted octanol–water partition coefficient (Wildman–Crippen LogP) is 1.88. The van der Waals surface area contributed by atoms with E-state index in [1.807, 2.05) is 0 Å². The van der Waals surface area contributed by atoms with Crippen molar-refractivity contribution in [3.63, 3.8) is 0 Å². The molecule has 1 heterocycles. The molecule has 0 aromatic carbocycles. The van der Waals surface area contributed by atoms with Gasteiger partial charge in [0.15, 0.2) is 0 Å². The summed E-state index contributed by atoms with van der Waals surface area (Å²) < 4.78 is 49.0. The highest BCUT2D eigenvalue weighted by atomic mass is 35.5. The van der Waals surface area contributed by atoms with Crippen molar-refractivity contribution in [1.29, 1.82) is 0 Å². The molecule has 1 unspecified atom stereocenters. The van der Waals surface area contributed by atoms with Gasteiger partial charge in [-0.25, -0.2) is 9.76 Å². The second-order valence-corrected chi connectivity index (χ2v) is 5.15. The van der Waals surface area contributed by atoms with Crippen molar-refractivity contribution in [3.8, 4) is 0 Å². The van der Waals surface area contributed by atoms with Crippen molar-refractivity contribution in [2.24, 2.45) is 0 Å². The molecule has 1 N–H and O–H groups in total. The van der Waals surface area contributed by atoms with Crippen molar-refractivity contribution >= 4 is 30.9 Å². The molecule has 4 nitrogen and oxygen atoms in total. The summed E-state index contributed by atoms with van der Waals surface area (Å²) in [5.74, 6) is -0.406. The fourth-order valence-corrected chi connectivity index (χ4v) is 3.10. The average Bonchev–Trinajstić information content (AvgIpc) is 2.23. The summed E-state index contributed by atoms with van der Waals surface area (Å²) in [6.07, 6.45) is 0.0373. The molecule has 14 heavy (non-hydrogen) atoms. The Balaban J connectivity index is 3.01. The number of hydrogen-bond acceptors (Lipinski definition) is 2. The fourth-order valence-electron chi connectivity index (χ4n) is 0.991. The lowest BCUT2D eigenvalue weighted by Gasteiger charge is -2.33. The molecule has 0 aliphatic carbocycles. The van der Waals surface area contributed by atoms with E-state index in [9.17, 15) is 4.57 Å². The number of alkyl halides is 2. The summed E-state index contributed by atoms with van der Waals surface area (Å²) in [7, 11) is -3.84. The van der Waals surface area contributed by atoms with Crippen molar-refractivity contribution in [2.45, 2.75) is 6.42 Å². The summed E-state index contributed by atoms with van der Waals surface area (Å²) in [5.41, 5.74) is 0. The van der Waals surface area contributed by atoms with Gasteiger partial charge in [-0.1, -0.05) is 0 Å². The normalized spacial score (nSPS) is 37.1. The summed E-state index contributed by atoms with van der Waals surface area (Å²) in [4.78, 5) is 0. The van der Waals surface area contributed by atoms with Gasteiger partial charge in [0.1, 0.15) is 0 Å². The zero-order valence-corrected chi connectivity index (χ0v) is 9.91. The quantitative estimate of drug-likeness (QED) is 0.608. The van der Waals surface area contributed by atoms with Crippen LogP contribution in [0.4, 0.5) is 0 Å². The first-order valence-corrected chi connectivity index (χ1v) is 6.76. The van der Waals surface area contributed by atoms with E-state index in [0.717, 1.165) is 4.67 Å². The molecule has 0 aromatic heterocycles. The molecule has 1 aliphatic heterocycles. The molecule has 0 spiro atoms. The van der Waals surface area contributed by atoms with Crippen LogP contribution < -0.4 is 5.09 Å². The van der Waals surface area contributed by atoms with Crippen LogP contribution in [-0.4, -0.2) is 42.6 Å². The van der Waals surface area contributed by atoms with Crippen LogP contribution in [0.2, 0.25) is 0 Å². The molecular formula is C7H15Cl2N2O2P. The minimum atomic E-state index is -3.84. The highest BCUT2D eigenvalue weighted by molar-refractivity contribution is 7.54. The fraction of sp³-hybridized carbons (Fsp3) is 1.00. The van der Waals surface area contributed by atoms with Gasteiger partial charge in [0.05, 0.1) is 6.61 Å². The van der Waals surface area contributed by atoms with Gasteiger partial charge in [-0.2, -0.15) is 0 Å². The zero-order valence-electron chi connectivity index (χ0n) is 11.5. The van der Waals surface area contributed by atoms with E-state index in [1.165, 1.54) is 0 Å². The van der Waals surface area contributed by atoms with Crippen molar-refractivity contribution < 1.29 is 14.6 Å². The third-order valence-corrected chi connectivity index (χ3v) is 3.81. The molecule has 1 fully saturated rings. The lowest BCUT2D eigenvalue weighted by Crippen LogP contribution is -2.35. The Morgan fingerprint density at radius 3 is 3.00 bits per heavy atom. The van der Waals surface area contributed by atoms with E-state index in [-0.39, 0.29) is 25.5 Å². The minimum absolute atomic E-state index is 0.0223. The summed E-state index contributed by atoms with van der Waals surface area (Å²) in [5, 5.41) is 2.23. The minimum Gasteiger partial charge on any atom is -0.306 e. The van der Waals surface area contributed by atoms with Gasteiger partial charge in [-0.05, 0) is 6.42 Å². The van der Waals surface area contributed by atoms with E-state index in [0.29, 0.717) is 0 Å². The zero-order chi connectivity index (χ0) is 14.0. The van der Waals surface area contributed by atoms with Gasteiger partial charge in [0, 0.05) is 36.8 Å². The number of nitrogens with zero attached hydrogens (tertiary/aromatic N) is 1. The van der Waals surface area contributed by atoms with Crippen LogP contribution in [0, 0.1) is 0 Å². The summed E-state index contributed by atoms with van der Waals surface area (Å²) >= 11 is 11.1. The SMILES string of the molecule is [2H]C1([2H])CCOP(=O)(N(CCCl)C([2H])([2H])CCl)N1. The second-order valence-electron chi connectivity index (χ2n) is 2.50. The number of rotatable bonds is 5. The molecule has 84 valence electrons. The maximum Gasteiger partial charge on any atom is 0.343 e. The van der Waals surface area contributed by atoms with Gasteiger partial charge in [0.2, 0.25) is 0 Å². The maximum atomic E-state index is 12.5. The van der Waals surface area contributed by atoms with Gasteiger partial charge < -0.3 is 4.52 Å². The molecule has 1 saturated heterocycles. The van der Waals surface area contributed by atoms with E-state index in [4.69, 9.17) is 33.2 Å². The van der Waals surface area contributed by atoms with Gasteiger partial charge >= 0.3 is 7.67 Å².